The number of amides is 4. The van der Waals surface area contributed by atoms with Crippen molar-refractivity contribution in [3.05, 3.63) is 102 Å². The van der Waals surface area contributed by atoms with Crippen molar-refractivity contribution in [2.75, 3.05) is 19.7 Å². The van der Waals surface area contributed by atoms with E-state index >= 15 is 0 Å². The van der Waals surface area contributed by atoms with E-state index in [9.17, 15) is 19.5 Å². The SMILES string of the molecule is CC(C)[C@@H](C(=O)N[C@@H](Cc1ccccc1)C[C@H](O)[C@H](Cc1ccccc1)NC(=O)COc1ccccc1)N1CCCNC1=O. The third-order valence-corrected chi connectivity index (χ3v) is 7.77. The number of urea groups is 1. The molecule has 0 unspecified atom stereocenters. The van der Waals surface area contributed by atoms with Crippen LogP contribution in [0.1, 0.15) is 37.8 Å². The van der Waals surface area contributed by atoms with E-state index in [4.69, 9.17) is 4.74 Å². The fourth-order valence-electron chi connectivity index (χ4n) is 5.62. The largest absolute Gasteiger partial charge is 0.484 e. The van der Waals surface area contributed by atoms with E-state index in [-0.39, 0.29) is 36.8 Å². The Morgan fingerprint density at radius 2 is 1.48 bits per heavy atom. The summed E-state index contributed by atoms with van der Waals surface area (Å²) in [5.41, 5.74) is 1.96. The summed E-state index contributed by atoms with van der Waals surface area (Å²) in [6, 6.07) is 26.5. The Balaban J connectivity index is 1.51. The minimum absolute atomic E-state index is 0.115. The Morgan fingerprint density at radius 1 is 0.886 bits per heavy atom. The zero-order valence-electron chi connectivity index (χ0n) is 25.5. The average Bonchev–Trinajstić information content (AvgIpc) is 3.02. The van der Waals surface area contributed by atoms with Crippen molar-refractivity contribution in [2.24, 2.45) is 5.92 Å². The highest BCUT2D eigenvalue weighted by atomic mass is 16.5. The Morgan fingerprint density at radius 3 is 2.07 bits per heavy atom. The van der Waals surface area contributed by atoms with Crippen LogP contribution in [0.3, 0.4) is 0 Å². The first kappa shape index (κ1) is 32.5. The van der Waals surface area contributed by atoms with Gasteiger partial charge >= 0.3 is 6.03 Å². The summed E-state index contributed by atoms with van der Waals surface area (Å²) in [6.07, 6.45) is 0.844. The lowest BCUT2D eigenvalue weighted by atomic mass is 9.92. The average molecular weight is 601 g/mol. The molecule has 0 aliphatic carbocycles. The molecule has 0 bridgehead atoms. The van der Waals surface area contributed by atoms with Gasteiger partial charge in [-0.3, -0.25) is 9.59 Å². The van der Waals surface area contributed by atoms with Crippen LogP contribution in [0.4, 0.5) is 4.79 Å². The van der Waals surface area contributed by atoms with Gasteiger partial charge < -0.3 is 30.7 Å². The Labute approximate surface area is 260 Å². The van der Waals surface area contributed by atoms with Gasteiger partial charge in [-0.05, 0) is 54.9 Å². The second-order valence-corrected chi connectivity index (χ2v) is 11.6. The van der Waals surface area contributed by atoms with Crippen LogP contribution in [0.25, 0.3) is 0 Å². The fourth-order valence-corrected chi connectivity index (χ4v) is 5.62. The zero-order chi connectivity index (χ0) is 31.3. The summed E-state index contributed by atoms with van der Waals surface area (Å²) in [4.78, 5) is 41.0. The topological polar surface area (TPSA) is 120 Å². The Kier molecular flexibility index (Phi) is 12.2. The lowest BCUT2D eigenvalue weighted by Crippen LogP contribution is -2.59. The summed E-state index contributed by atoms with van der Waals surface area (Å²) in [7, 11) is 0. The summed E-state index contributed by atoms with van der Waals surface area (Å²) < 4.78 is 5.64. The number of nitrogens with zero attached hydrogens (tertiary/aromatic N) is 1. The van der Waals surface area contributed by atoms with Gasteiger partial charge in [-0.1, -0.05) is 92.7 Å². The molecule has 3 aromatic carbocycles. The standard InChI is InChI=1S/C35H44N4O5/c1-25(2)33(39-20-12-19-36-35(39)43)34(42)37-28(21-26-13-6-3-7-14-26)23-31(40)30(22-27-15-8-4-9-16-27)38-32(41)24-44-29-17-10-5-11-18-29/h3-11,13-18,25,28,30-31,33,40H,12,19-24H2,1-2H3,(H,36,43)(H,37,42)(H,38,41)/t28-,30-,31-,33-/m0/s1. The van der Waals surface area contributed by atoms with Crippen LogP contribution in [0.15, 0.2) is 91.0 Å². The predicted molar refractivity (Wildman–Crippen MR) is 170 cm³/mol. The number of benzene rings is 3. The molecule has 44 heavy (non-hydrogen) atoms. The van der Waals surface area contributed by atoms with Crippen molar-refractivity contribution >= 4 is 17.8 Å². The van der Waals surface area contributed by atoms with E-state index in [1.807, 2.05) is 92.7 Å². The molecule has 4 atom stereocenters. The van der Waals surface area contributed by atoms with Crippen LogP contribution < -0.4 is 20.7 Å². The maximum Gasteiger partial charge on any atom is 0.318 e. The maximum absolute atomic E-state index is 13.8. The molecule has 4 amide bonds. The van der Waals surface area contributed by atoms with Gasteiger partial charge in [0.15, 0.2) is 6.61 Å². The maximum atomic E-state index is 13.8. The van der Waals surface area contributed by atoms with E-state index in [1.165, 1.54) is 0 Å². The number of para-hydroxylation sites is 1. The van der Waals surface area contributed by atoms with Crippen LogP contribution in [0.2, 0.25) is 0 Å². The first-order chi connectivity index (χ1) is 21.3. The van der Waals surface area contributed by atoms with E-state index in [2.05, 4.69) is 16.0 Å². The van der Waals surface area contributed by atoms with Gasteiger partial charge in [0.25, 0.3) is 5.91 Å². The Bertz CT molecular complexity index is 1320. The van der Waals surface area contributed by atoms with Gasteiger partial charge in [0.05, 0.1) is 12.1 Å². The molecule has 0 spiro atoms. The molecule has 0 aromatic heterocycles. The lowest BCUT2D eigenvalue weighted by Gasteiger charge is -2.37. The Hall–Kier alpha value is -4.37. The monoisotopic (exact) mass is 600 g/mol. The highest BCUT2D eigenvalue weighted by Gasteiger charge is 2.35. The number of nitrogens with one attached hydrogen (secondary N) is 3. The van der Waals surface area contributed by atoms with E-state index in [0.717, 1.165) is 17.5 Å². The molecule has 1 saturated heterocycles. The second kappa shape index (κ2) is 16.5. The van der Waals surface area contributed by atoms with Gasteiger partial charge in [0.1, 0.15) is 11.8 Å². The molecular formula is C35H44N4O5. The molecule has 1 fully saturated rings. The minimum atomic E-state index is -0.985. The smallest absolute Gasteiger partial charge is 0.318 e. The van der Waals surface area contributed by atoms with Gasteiger partial charge in [0.2, 0.25) is 5.91 Å². The normalized spacial score (nSPS) is 15.9. The van der Waals surface area contributed by atoms with Gasteiger partial charge in [0, 0.05) is 19.1 Å². The number of carbonyl (C=O) groups is 3. The minimum Gasteiger partial charge on any atom is -0.484 e. The number of hydrogen-bond acceptors (Lipinski definition) is 5. The number of hydrogen-bond donors (Lipinski definition) is 4. The summed E-state index contributed by atoms with van der Waals surface area (Å²) in [5.74, 6) is -0.148. The molecule has 234 valence electrons. The van der Waals surface area contributed by atoms with Crippen LogP contribution in [-0.4, -0.2) is 71.8 Å². The number of ether oxygens (including phenoxy) is 1. The van der Waals surface area contributed by atoms with Gasteiger partial charge in [-0.25, -0.2) is 4.79 Å². The molecule has 1 aliphatic rings. The van der Waals surface area contributed by atoms with Crippen LogP contribution >= 0.6 is 0 Å². The second-order valence-electron chi connectivity index (χ2n) is 11.6. The van der Waals surface area contributed by atoms with Gasteiger partial charge in [-0.2, -0.15) is 0 Å². The molecule has 0 saturated carbocycles. The molecule has 1 heterocycles. The van der Waals surface area contributed by atoms with Crippen molar-refractivity contribution in [2.45, 2.75) is 63.8 Å². The van der Waals surface area contributed by atoms with Crippen LogP contribution in [-0.2, 0) is 22.4 Å². The molecular weight excluding hydrogens is 556 g/mol. The van der Waals surface area contributed by atoms with Crippen molar-refractivity contribution in [3.63, 3.8) is 0 Å². The quantitative estimate of drug-likeness (QED) is 0.212. The summed E-state index contributed by atoms with van der Waals surface area (Å²) in [5, 5.41) is 20.6. The van der Waals surface area contributed by atoms with Crippen molar-refractivity contribution in [3.8, 4) is 5.75 Å². The third-order valence-electron chi connectivity index (χ3n) is 7.77. The first-order valence-corrected chi connectivity index (χ1v) is 15.4. The molecule has 4 rings (SSSR count). The molecule has 3 aromatic rings. The third kappa shape index (κ3) is 9.84. The summed E-state index contributed by atoms with van der Waals surface area (Å²) in [6.45, 7) is 4.76. The number of rotatable bonds is 15. The van der Waals surface area contributed by atoms with Crippen molar-refractivity contribution in [1.82, 2.24) is 20.9 Å². The number of aliphatic hydroxyl groups excluding tert-OH is 1. The zero-order valence-corrected chi connectivity index (χ0v) is 25.5. The summed E-state index contributed by atoms with van der Waals surface area (Å²) >= 11 is 0. The van der Waals surface area contributed by atoms with E-state index in [1.54, 1.807) is 17.0 Å². The van der Waals surface area contributed by atoms with Crippen LogP contribution in [0.5, 0.6) is 5.75 Å². The van der Waals surface area contributed by atoms with Crippen LogP contribution in [0, 0.1) is 5.92 Å². The van der Waals surface area contributed by atoms with E-state index in [0.29, 0.717) is 31.7 Å². The van der Waals surface area contributed by atoms with E-state index < -0.39 is 24.2 Å². The molecule has 0 radical (unpaired) electrons. The number of carbonyl (C=O) groups excluding carboxylic acids is 3. The van der Waals surface area contributed by atoms with Gasteiger partial charge in [-0.15, -0.1) is 0 Å². The highest BCUT2D eigenvalue weighted by Crippen LogP contribution is 2.18. The molecule has 9 nitrogen and oxygen atoms in total. The lowest BCUT2D eigenvalue weighted by molar-refractivity contribution is -0.128. The molecule has 9 heteroatoms. The molecule has 4 N–H and O–H groups in total. The number of aliphatic hydroxyl groups is 1. The predicted octanol–water partition coefficient (Wildman–Crippen LogP) is 3.71. The van der Waals surface area contributed by atoms with Crippen molar-refractivity contribution in [1.29, 1.82) is 0 Å². The molecule has 1 aliphatic heterocycles. The first-order valence-electron chi connectivity index (χ1n) is 15.4. The fraction of sp³-hybridized carbons (Fsp3) is 0.400. The van der Waals surface area contributed by atoms with Crippen molar-refractivity contribution < 1.29 is 24.2 Å². The highest BCUT2D eigenvalue weighted by molar-refractivity contribution is 5.87.